The third kappa shape index (κ3) is 4.96. The van der Waals surface area contributed by atoms with E-state index in [1.54, 1.807) is 6.07 Å². The monoisotopic (exact) mass is 401 g/mol. The van der Waals surface area contributed by atoms with E-state index >= 15 is 0 Å². The molecule has 1 heterocycles. The van der Waals surface area contributed by atoms with Gasteiger partial charge in [0, 0.05) is 23.7 Å². The van der Waals surface area contributed by atoms with Crippen molar-refractivity contribution < 1.29 is 0 Å². The van der Waals surface area contributed by atoms with Crippen LogP contribution in [-0.4, -0.2) is 22.9 Å². The Balaban J connectivity index is 2.05. The summed E-state index contributed by atoms with van der Waals surface area (Å²) in [5, 5.41) is 5.15. The second-order valence-electron chi connectivity index (χ2n) is 7.90. The van der Waals surface area contributed by atoms with Gasteiger partial charge in [0.2, 0.25) is 0 Å². The maximum absolute atomic E-state index is 13.5. The van der Waals surface area contributed by atoms with Crippen molar-refractivity contribution in [3.05, 3.63) is 51.4 Å². The smallest absolute Gasteiger partial charge is 0.276 e. The molecular weight excluding hydrogens is 370 g/mol. The highest BCUT2D eigenvalue weighted by Gasteiger charge is 2.23. The minimum absolute atomic E-state index is 0.00395. The molecule has 0 atom stereocenters. The van der Waals surface area contributed by atoms with E-state index in [4.69, 9.17) is 11.6 Å². The Morgan fingerprint density at radius 3 is 2.64 bits per heavy atom. The van der Waals surface area contributed by atoms with Gasteiger partial charge in [-0.1, -0.05) is 63.6 Å². The Hall–Kier alpha value is -1.81. The molecule has 5 heteroatoms. The van der Waals surface area contributed by atoms with Gasteiger partial charge < -0.3 is 4.90 Å². The van der Waals surface area contributed by atoms with Gasteiger partial charge in [0.25, 0.3) is 5.56 Å². The van der Waals surface area contributed by atoms with Gasteiger partial charge in [-0.2, -0.15) is 9.78 Å². The van der Waals surface area contributed by atoms with Gasteiger partial charge in [-0.05, 0) is 43.4 Å². The lowest BCUT2D eigenvalue weighted by atomic mass is 9.97. The maximum atomic E-state index is 13.5. The molecule has 0 spiro atoms. The van der Waals surface area contributed by atoms with Gasteiger partial charge in [-0.3, -0.25) is 4.79 Å². The summed E-state index contributed by atoms with van der Waals surface area (Å²) < 4.78 is 1.52. The predicted molar refractivity (Wildman–Crippen MR) is 118 cm³/mol. The molecule has 1 saturated carbocycles. The fourth-order valence-electron chi connectivity index (χ4n) is 4.21. The summed E-state index contributed by atoms with van der Waals surface area (Å²) in [5.74, 6) is 0.608. The van der Waals surface area contributed by atoms with Crippen molar-refractivity contribution in [2.24, 2.45) is 5.92 Å². The van der Waals surface area contributed by atoms with Crippen molar-refractivity contribution in [2.75, 3.05) is 18.0 Å². The summed E-state index contributed by atoms with van der Waals surface area (Å²) in [6.45, 7) is 6.33. The highest BCUT2D eigenvalue weighted by atomic mass is 35.5. The van der Waals surface area contributed by atoms with Crippen LogP contribution in [0.4, 0.5) is 5.69 Å². The van der Waals surface area contributed by atoms with Crippen LogP contribution in [0.3, 0.4) is 0 Å². The summed E-state index contributed by atoms with van der Waals surface area (Å²) in [4.78, 5) is 15.9. The number of aromatic nitrogens is 2. The number of halogens is 1. The van der Waals surface area contributed by atoms with Crippen LogP contribution in [0.15, 0.2) is 35.3 Å². The highest BCUT2D eigenvalue weighted by molar-refractivity contribution is 6.30. The zero-order valence-electron chi connectivity index (χ0n) is 17.2. The summed E-state index contributed by atoms with van der Waals surface area (Å²) in [6.07, 6.45) is 11.1. The van der Waals surface area contributed by atoms with Crippen LogP contribution in [0.2, 0.25) is 5.02 Å². The Labute approximate surface area is 173 Å². The van der Waals surface area contributed by atoms with E-state index in [1.807, 2.05) is 24.4 Å². The molecule has 0 aliphatic heterocycles. The molecule has 3 rings (SSSR count). The minimum atomic E-state index is 0.00395. The number of rotatable bonds is 9. The van der Waals surface area contributed by atoms with Crippen LogP contribution in [0.5, 0.6) is 0 Å². The molecule has 4 nitrogen and oxygen atoms in total. The molecule has 152 valence electrons. The Morgan fingerprint density at radius 1 is 1.18 bits per heavy atom. The molecule has 2 aromatic rings. The Kier molecular flexibility index (Phi) is 7.55. The van der Waals surface area contributed by atoms with E-state index in [0.29, 0.717) is 10.9 Å². The standard InChI is InChI=1S/C23H32ClN3O/c1-3-5-14-26(13-4-2)22-17-25-27(20-12-8-11-19(24)16-20)23(28)21(22)15-18-9-6-7-10-18/h8,11-12,16-18H,3-7,9-10,13-15H2,1-2H3. The molecular formula is C23H32ClN3O. The van der Waals surface area contributed by atoms with E-state index in [0.717, 1.165) is 55.7 Å². The van der Waals surface area contributed by atoms with Crippen molar-refractivity contribution in [1.29, 1.82) is 0 Å². The van der Waals surface area contributed by atoms with Crippen molar-refractivity contribution in [3.8, 4) is 5.69 Å². The van der Waals surface area contributed by atoms with E-state index in [2.05, 4.69) is 23.8 Å². The average Bonchev–Trinajstić information content (AvgIpc) is 3.20. The zero-order chi connectivity index (χ0) is 19.9. The molecule has 0 unspecified atom stereocenters. The summed E-state index contributed by atoms with van der Waals surface area (Å²) in [6, 6.07) is 7.37. The first-order chi connectivity index (χ1) is 13.6. The third-order valence-electron chi connectivity index (χ3n) is 5.69. The van der Waals surface area contributed by atoms with Crippen LogP contribution in [-0.2, 0) is 6.42 Å². The number of unbranched alkanes of at least 4 members (excludes halogenated alkanes) is 1. The van der Waals surface area contributed by atoms with Crippen LogP contribution in [0.25, 0.3) is 5.69 Å². The van der Waals surface area contributed by atoms with Crippen LogP contribution in [0, 0.1) is 5.92 Å². The third-order valence-corrected chi connectivity index (χ3v) is 5.93. The van der Waals surface area contributed by atoms with Gasteiger partial charge >= 0.3 is 0 Å². The molecule has 1 aromatic carbocycles. The molecule has 0 radical (unpaired) electrons. The summed E-state index contributed by atoms with van der Waals surface area (Å²) in [5.41, 5.74) is 2.69. The van der Waals surface area contributed by atoms with Gasteiger partial charge in [0.05, 0.1) is 17.6 Å². The van der Waals surface area contributed by atoms with Gasteiger partial charge in [0.1, 0.15) is 0 Å². The van der Waals surface area contributed by atoms with Crippen LogP contribution < -0.4 is 10.5 Å². The number of nitrogens with zero attached hydrogens (tertiary/aromatic N) is 3. The number of hydrogen-bond acceptors (Lipinski definition) is 3. The van der Waals surface area contributed by atoms with E-state index in [9.17, 15) is 4.79 Å². The quantitative estimate of drug-likeness (QED) is 0.546. The van der Waals surface area contributed by atoms with Crippen molar-refractivity contribution >= 4 is 17.3 Å². The van der Waals surface area contributed by atoms with Gasteiger partial charge in [-0.25, -0.2) is 0 Å². The summed E-state index contributed by atoms with van der Waals surface area (Å²) >= 11 is 6.15. The first-order valence-electron chi connectivity index (χ1n) is 10.8. The van der Waals surface area contributed by atoms with Gasteiger partial charge in [-0.15, -0.1) is 0 Å². The molecule has 1 aromatic heterocycles. The molecule has 0 N–H and O–H groups in total. The molecule has 1 aliphatic rings. The van der Waals surface area contributed by atoms with Crippen molar-refractivity contribution in [3.63, 3.8) is 0 Å². The largest absolute Gasteiger partial charge is 0.370 e. The zero-order valence-corrected chi connectivity index (χ0v) is 17.9. The van der Waals surface area contributed by atoms with Crippen LogP contribution >= 0.6 is 11.6 Å². The molecule has 1 fully saturated rings. The lowest BCUT2D eigenvalue weighted by Crippen LogP contribution is -2.33. The topological polar surface area (TPSA) is 38.1 Å². The van der Waals surface area contributed by atoms with E-state index in [-0.39, 0.29) is 5.56 Å². The normalized spacial score (nSPS) is 14.5. The molecule has 0 saturated heterocycles. The van der Waals surface area contributed by atoms with Crippen molar-refractivity contribution in [1.82, 2.24) is 9.78 Å². The van der Waals surface area contributed by atoms with Crippen LogP contribution in [0.1, 0.15) is 64.4 Å². The second-order valence-corrected chi connectivity index (χ2v) is 8.34. The maximum Gasteiger partial charge on any atom is 0.276 e. The predicted octanol–water partition coefficient (Wildman–Crippen LogP) is 5.64. The van der Waals surface area contributed by atoms with Crippen molar-refractivity contribution in [2.45, 2.75) is 65.2 Å². The fraction of sp³-hybridized carbons (Fsp3) is 0.565. The minimum Gasteiger partial charge on any atom is -0.370 e. The molecule has 0 bridgehead atoms. The molecule has 0 amide bonds. The lowest BCUT2D eigenvalue weighted by molar-refractivity contribution is 0.538. The fourth-order valence-corrected chi connectivity index (χ4v) is 4.40. The van der Waals surface area contributed by atoms with Gasteiger partial charge in [0.15, 0.2) is 0 Å². The number of hydrogen-bond donors (Lipinski definition) is 0. The average molecular weight is 402 g/mol. The summed E-state index contributed by atoms with van der Waals surface area (Å²) in [7, 11) is 0. The number of benzene rings is 1. The Morgan fingerprint density at radius 2 is 1.96 bits per heavy atom. The number of anilines is 1. The Bertz CT molecular complexity index is 827. The molecule has 1 aliphatic carbocycles. The first kappa shape index (κ1) is 20.9. The second kappa shape index (κ2) is 10.1. The highest BCUT2D eigenvalue weighted by Crippen LogP contribution is 2.30. The molecule has 28 heavy (non-hydrogen) atoms. The van der Waals surface area contributed by atoms with E-state index in [1.165, 1.54) is 30.4 Å². The first-order valence-corrected chi connectivity index (χ1v) is 11.1. The lowest BCUT2D eigenvalue weighted by Gasteiger charge is -2.27. The van der Waals surface area contributed by atoms with E-state index < -0.39 is 0 Å². The SMILES string of the molecule is CCCCN(CCC)c1cnn(-c2cccc(Cl)c2)c(=O)c1CC1CCCC1.